The van der Waals surface area contributed by atoms with Crippen molar-refractivity contribution < 1.29 is 9.53 Å². The first kappa shape index (κ1) is 15.1. The molecule has 0 aliphatic heterocycles. The van der Waals surface area contributed by atoms with Crippen molar-refractivity contribution in [3.8, 4) is 5.75 Å². The summed E-state index contributed by atoms with van der Waals surface area (Å²) in [5.74, 6) is 0.647. The Balaban J connectivity index is 2.16. The Morgan fingerprint density at radius 2 is 1.83 bits per heavy atom. The Kier molecular flexibility index (Phi) is 3.78. The number of hydrogen-bond acceptors (Lipinski definition) is 3. The van der Waals surface area contributed by atoms with Gasteiger partial charge in [0.2, 0.25) is 0 Å². The lowest BCUT2D eigenvalue weighted by atomic mass is 10.1. The Morgan fingerprint density at radius 3 is 2.48 bits per heavy atom. The monoisotopic (exact) mass is 310 g/mol. The molecule has 0 aliphatic carbocycles. The van der Waals surface area contributed by atoms with Crippen molar-refractivity contribution in [1.29, 1.82) is 0 Å². The molecule has 0 radical (unpaired) electrons. The second kappa shape index (κ2) is 5.76. The number of hydrogen-bond donors (Lipinski definition) is 0. The van der Waals surface area contributed by atoms with Gasteiger partial charge in [0.05, 0.1) is 24.7 Å². The van der Waals surface area contributed by atoms with E-state index in [0.717, 1.165) is 16.6 Å². The molecule has 0 saturated heterocycles. The third-order valence-corrected chi connectivity index (χ3v) is 4.07. The summed E-state index contributed by atoms with van der Waals surface area (Å²) in [5.41, 5.74) is 3.05. The van der Waals surface area contributed by atoms with E-state index in [1.54, 1.807) is 41.5 Å². The Labute approximate surface area is 133 Å². The van der Waals surface area contributed by atoms with Crippen LogP contribution in [0.15, 0.2) is 47.3 Å². The molecule has 0 unspecified atom stereocenters. The summed E-state index contributed by atoms with van der Waals surface area (Å²) in [5, 5.41) is 0. The topological polar surface area (TPSA) is 53.2 Å². The third-order valence-electron chi connectivity index (χ3n) is 4.07. The predicted octanol–water partition coefficient (Wildman–Crippen LogP) is 2.60. The van der Waals surface area contributed by atoms with Crippen molar-refractivity contribution in [3.05, 3.63) is 64.1 Å². The van der Waals surface area contributed by atoms with Gasteiger partial charge >= 0.3 is 5.69 Å². The SMILES string of the molecule is COc1ccc(C(C)=O)cc1Cn1c(=O)n(C)c2ccccc21. The van der Waals surface area contributed by atoms with Crippen LogP contribution in [0.2, 0.25) is 0 Å². The van der Waals surface area contributed by atoms with Gasteiger partial charge in [-0.1, -0.05) is 12.1 Å². The number of carbonyl (C=O) groups excluding carboxylic acids is 1. The highest BCUT2D eigenvalue weighted by molar-refractivity contribution is 5.94. The van der Waals surface area contributed by atoms with Crippen molar-refractivity contribution >= 4 is 16.8 Å². The van der Waals surface area contributed by atoms with Crippen molar-refractivity contribution in [2.75, 3.05) is 7.11 Å². The quantitative estimate of drug-likeness (QED) is 0.696. The highest BCUT2D eigenvalue weighted by atomic mass is 16.5. The van der Waals surface area contributed by atoms with Crippen LogP contribution in [0.4, 0.5) is 0 Å². The molecule has 118 valence electrons. The zero-order valence-electron chi connectivity index (χ0n) is 13.4. The van der Waals surface area contributed by atoms with Gasteiger partial charge in [0.1, 0.15) is 5.75 Å². The minimum Gasteiger partial charge on any atom is -0.496 e. The van der Waals surface area contributed by atoms with Crippen molar-refractivity contribution in [2.45, 2.75) is 13.5 Å². The molecule has 0 fully saturated rings. The number of aromatic nitrogens is 2. The lowest BCUT2D eigenvalue weighted by Gasteiger charge is -2.11. The fourth-order valence-corrected chi connectivity index (χ4v) is 2.81. The number of methoxy groups -OCH3 is 1. The number of benzene rings is 2. The van der Waals surface area contributed by atoms with E-state index < -0.39 is 0 Å². The molecule has 3 rings (SSSR count). The first-order valence-electron chi connectivity index (χ1n) is 7.35. The minimum atomic E-state index is -0.0959. The van der Waals surface area contributed by atoms with Gasteiger partial charge in [0, 0.05) is 18.2 Å². The standard InChI is InChI=1S/C18H18N2O3/c1-12(21)13-8-9-17(23-3)14(10-13)11-20-16-7-5-4-6-15(16)19(2)18(20)22/h4-10H,11H2,1-3H3. The van der Waals surface area contributed by atoms with E-state index in [0.29, 0.717) is 17.9 Å². The number of carbonyl (C=O) groups is 1. The van der Waals surface area contributed by atoms with Gasteiger partial charge in [-0.3, -0.25) is 13.9 Å². The summed E-state index contributed by atoms with van der Waals surface area (Å²) in [6.45, 7) is 1.88. The van der Waals surface area contributed by atoms with Gasteiger partial charge in [-0.15, -0.1) is 0 Å². The average molecular weight is 310 g/mol. The number of nitrogens with zero attached hydrogens (tertiary/aromatic N) is 2. The van der Waals surface area contributed by atoms with Crippen LogP contribution < -0.4 is 10.4 Å². The van der Waals surface area contributed by atoms with Gasteiger partial charge in [-0.2, -0.15) is 0 Å². The molecule has 5 nitrogen and oxygen atoms in total. The van der Waals surface area contributed by atoms with E-state index in [9.17, 15) is 9.59 Å². The average Bonchev–Trinajstić information content (AvgIpc) is 2.80. The highest BCUT2D eigenvalue weighted by Crippen LogP contribution is 2.22. The fraction of sp³-hybridized carbons (Fsp3) is 0.222. The van der Waals surface area contributed by atoms with E-state index in [4.69, 9.17) is 4.74 Å². The van der Waals surface area contributed by atoms with Crippen LogP contribution >= 0.6 is 0 Å². The Morgan fingerprint density at radius 1 is 1.13 bits per heavy atom. The van der Waals surface area contributed by atoms with E-state index in [1.807, 2.05) is 24.3 Å². The molecular formula is C18H18N2O3. The van der Waals surface area contributed by atoms with E-state index in [1.165, 1.54) is 6.92 Å². The summed E-state index contributed by atoms with van der Waals surface area (Å²) in [4.78, 5) is 24.1. The minimum absolute atomic E-state index is 0.0147. The number of ether oxygens (including phenoxy) is 1. The van der Waals surface area contributed by atoms with Gasteiger partial charge in [-0.25, -0.2) is 4.79 Å². The number of imidazole rings is 1. The van der Waals surface area contributed by atoms with Crippen molar-refractivity contribution in [2.24, 2.45) is 7.05 Å². The lowest BCUT2D eigenvalue weighted by molar-refractivity contribution is 0.101. The largest absolute Gasteiger partial charge is 0.496 e. The number of ketones is 1. The molecule has 2 aromatic carbocycles. The molecule has 0 N–H and O–H groups in total. The van der Waals surface area contributed by atoms with E-state index >= 15 is 0 Å². The van der Waals surface area contributed by atoms with Crippen molar-refractivity contribution in [3.63, 3.8) is 0 Å². The summed E-state index contributed by atoms with van der Waals surface area (Å²) in [6.07, 6.45) is 0. The Hall–Kier alpha value is -2.82. The van der Waals surface area contributed by atoms with Gasteiger partial charge < -0.3 is 4.74 Å². The smallest absolute Gasteiger partial charge is 0.329 e. The molecule has 0 aliphatic rings. The van der Waals surface area contributed by atoms with Crippen LogP contribution in [0.3, 0.4) is 0 Å². The first-order valence-corrected chi connectivity index (χ1v) is 7.35. The molecule has 5 heteroatoms. The van der Waals surface area contributed by atoms with Crippen LogP contribution in [-0.2, 0) is 13.6 Å². The molecule has 1 aromatic heterocycles. The van der Waals surface area contributed by atoms with E-state index in [-0.39, 0.29) is 11.5 Å². The number of rotatable bonds is 4. The maximum atomic E-state index is 12.5. The molecular weight excluding hydrogens is 292 g/mol. The zero-order valence-corrected chi connectivity index (χ0v) is 13.4. The van der Waals surface area contributed by atoms with Gasteiger partial charge in [0.15, 0.2) is 5.78 Å². The summed E-state index contributed by atoms with van der Waals surface area (Å²) in [7, 11) is 3.34. The second-order valence-electron chi connectivity index (χ2n) is 5.50. The molecule has 23 heavy (non-hydrogen) atoms. The predicted molar refractivity (Wildman–Crippen MR) is 89.3 cm³/mol. The number of aryl methyl sites for hydroxylation is 1. The molecule has 0 amide bonds. The fourth-order valence-electron chi connectivity index (χ4n) is 2.81. The molecule has 0 spiro atoms. The molecule has 0 bridgehead atoms. The molecule has 0 saturated carbocycles. The van der Waals surface area contributed by atoms with Crippen LogP contribution in [0.5, 0.6) is 5.75 Å². The second-order valence-corrected chi connectivity index (χ2v) is 5.50. The van der Waals surface area contributed by atoms with Gasteiger partial charge in [0.25, 0.3) is 0 Å². The van der Waals surface area contributed by atoms with Crippen LogP contribution in [0.25, 0.3) is 11.0 Å². The number of Topliss-reactive ketones (excluding diaryl/α,β-unsaturated/α-hetero) is 1. The van der Waals surface area contributed by atoms with Crippen molar-refractivity contribution in [1.82, 2.24) is 9.13 Å². The first-order chi connectivity index (χ1) is 11.0. The number of para-hydroxylation sites is 2. The lowest BCUT2D eigenvalue weighted by Crippen LogP contribution is -2.23. The maximum absolute atomic E-state index is 12.5. The third kappa shape index (κ3) is 2.54. The summed E-state index contributed by atoms with van der Waals surface area (Å²) < 4.78 is 8.69. The van der Waals surface area contributed by atoms with Crippen LogP contribution in [0.1, 0.15) is 22.8 Å². The normalized spacial score (nSPS) is 10.9. The molecule has 1 heterocycles. The molecule has 3 aromatic rings. The summed E-state index contributed by atoms with van der Waals surface area (Å²) >= 11 is 0. The van der Waals surface area contributed by atoms with Crippen LogP contribution in [0, 0.1) is 0 Å². The Bertz CT molecular complexity index is 951. The van der Waals surface area contributed by atoms with E-state index in [2.05, 4.69) is 0 Å². The van der Waals surface area contributed by atoms with Gasteiger partial charge in [-0.05, 0) is 37.3 Å². The van der Waals surface area contributed by atoms with Crippen LogP contribution in [-0.4, -0.2) is 22.0 Å². The number of fused-ring (bicyclic) bond motifs is 1. The summed E-state index contributed by atoms with van der Waals surface area (Å²) in [6, 6.07) is 12.9. The highest BCUT2D eigenvalue weighted by Gasteiger charge is 2.13. The molecule has 0 atom stereocenters. The maximum Gasteiger partial charge on any atom is 0.329 e. The zero-order chi connectivity index (χ0) is 16.6.